The summed E-state index contributed by atoms with van der Waals surface area (Å²) in [5.74, 6) is 1.16. The molecule has 146 valence electrons. The van der Waals surface area contributed by atoms with Crippen molar-refractivity contribution >= 4 is 38.9 Å². The molecule has 2 nitrogen and oxygen atoms in total. The standard InChI is InChI=1S/C22H29ClN2S2/c1-3-24-11-13-25(14-12-24)21-7-4-8-22(17-21)27-26-15-5-6-19-9-10-20(23)16-18(19)2/h4,7-10,16-17H,3,5-6,11-15H2,1-2H3. The zero-order chi connectivity index (χ0) is 19.1. The number of halogens is 1. The monoisotopic (exact) mass is 420 g/mol. The van der Waals surface area contributed by atoms with Crippen molar-refractivity contribution in [3.63, 3.8) is 0 Å². The molecule has 1 heterocycles. The Balaban J connectivity index is 1.42. The van der Waals surface area contributed by atoms with E-state index in [0.717, 1.165) is 36.8 Å². The number of piperazine rings is 1. The molecule has 0 N–H and O–H groups in total. The molecule has 2 aromatic carbocycles. The van der Waals surface area contributed by atoms with Crippen LogP contribution in [0.1, 0.15) is 24.5 Å². The molecule has 1 fully saturated rings. The lowest BCUT2D eigenvalue weighted by atomic mass is 10.0. The maximum Gasteiger partial charge on any atom is 0.0408 e. The van der Waals surface area contributed by atoms with Crippen LogP contribution in [-0.2, 0) is 6.42 Å². The number of likely N-dealkylation sites (N-methyl/N-ethyl adjacent to an activating group) is 1. The number of benzene rings is 2. The van der Waals surface area contributed by atoms with Crippen LogP contribution in [0.4, 0.5) is 5.69 Å². The third-order valence-corrected chi connectivity index (χ3v) is 7.82. The van der Waals surface area contributed by atoms with Gasteiger partial charge in [-0.3, -0.25) is 0 Å². The number of hydrogen-bond acceptors (Lipinski definition) is 4. The van der Waals surface area contributed by atoms with Crippen LogP contribution in [0.2, 0.25) is 5.02 Å². The van der Waals surface area contributed by atoms with Gasteiger partial charge in [-0.1, -0.05) is 52.2 Å². The Hall–Kier alpha value is -0.810. The van der Waals surface area contributed by atoms with Gasteiger partial charge in [-0.05, 0) is 67.8 Å². The topological polar surface area (TPSA) is 6.48 Å². The SMILES string of the molecule is CCN1CCN(c2cccc(SSCCCc3ccc(Cl)cc3C)c2)CC1. The minimum atomic E-state index is 0.831. The first-order chi connectivity index (χ1) is 13.2. The summed E-state index contributed by atoms with van der Waals surface area (Å²) in [4.78, 5) is 6.40. The summed E-state index contributed by atoms with van der Waals surface area (Å²) >= 11 is 6.04. The molecule has 0 amide bonds. The van der Waals surface area contributed by atoms with Crippen molar-refractivity contribution in [3.05, 3.63) is 58.6 Å². The zero-order valence-electron chi connectivity index (χ0n) is 16.3. The van der Waals surface area contributed by atoms with Crippen molar-refractivity contribution in [2.45, 2.75) is 31.6 Å². The third-order valence-electron chi connectivity index (χ3n) is 5.14. The number of nitrogens with zero attached hydrogens (tertiary/aromatic N) is 2. The van der Waals surface area contributed by atoms with Crippen LogP contribution in [0.5, 0.6) is 0 Å². The minimum Gasteiger partial charge on any atom is -0.369 e. The average Bonchev–Trinajstić information content (AvgIpc) is 2.69. The van der Waals surface area contributed by atoms with E-state index in [4.69, 9.17) is 11.6 Å². The van der Waals surface area contributed by atoms with Crippen molar-refractivity contribution in [1.82, 2.24) is 4.90 Å². The summed E-state index contributed by atoms with van der Waals surface area (Å²) in [5, 5.41) is 0.831. The second kappa shape index (κ2) is 10.7. The molecule has 1 aliphatic rings. The summed E-state index contributed by atoms with van der Waals surface area (Å²) in [6.45, 7) is 10.2. The highest BCUT2D eigenvalue weighted by atomic mass is 35.5. The van der Waals surface area contributed by atoms with Gasteiger partial charge in [0.1, 0.15) is 0 Å². The number of aryl methyl sites for hydroxylation is 2. The van der Waals surface area contributed by atoms with E-state index in [2.05, 4.69) is 60.0 Å². The third kappa shape index (κ3) is 6.35. The minimum absolute atomic E-state index is 0.831. The van der Waals surface area contributed by atoms with Gasteiger partial charge in [0.25, 0.3) is 0 Å². The largest absolute Gasteiger partial charge is 0.369 e. The molecule has 0 atom stereocenters. The zero-order valence-corrected chi connectivity index (χ0v) is 18.7. The lowest BCUT2D eigenvalue weighted by molar-refractivity contribution is 0.271. The fourth-order valence-corrected chi connectivity index (χ4v) is 5.76. The van der Waals surface area contributed by atoms with Crippen LogP contribution in [0.25, 0.3) is 0 Å². The van der Waals surface area contributed by atoms with Crippen molar-refractivity contribution in [2.75, 3.05) is 43.4 Å². The Morgan fingerprint density at radius 1 is 1.04 bits per heavy atom. The molecule has 5 heteroatoms. The van der Waals surface area contributed by atoms with E-state index in [1.165, 1.54) is 41.2 Å². The molecule has 0 radical (unpaired) electrons. The summed E-state index contributed by atoms with van der Waals surface area (Å²) in [6, 6.07) is 15.2. The number of rotatable bonds is 8. The van der Waals surface area contributed by atoms with E-state index in [9.17, 15) is 0 Å². The van der Waals surface area contributed by atoms with E-state index < -0.39 is 0 Å². The van der Waals surface area contributed by atoms with Gasteiger partial charge in [0.2, 0.25) is 0 Å². The smallest absolute Gasteiger partial charge is 0.0408 e. The Morgan fingerprint density at radius 2 is 1.85 bits per heavy atom. The van der Waals surface area contributed by atoms with Gasteiger partial charge >= 0.3 is 0 Å². The van der Waals surface area contributed by atoms with Gasteiger partial charge in [-0.25, -0.2) is 0 Å². The predicted octanol–water partition coefficient (Wildman–Crippen LogP) is 6.16. The summed E-state index contributed by atoms with van der Waals surface area (Å²) in [6.07, 6.45) is 2.32. The Labute approximate surface area is 177 Å². The maximum absolute atomic E-state index is 6.04. The van der Waals surface area contributed by atoms with E-state index in [0.29, 0.717) is 0 Å². The summed E-state index contributed by atoms with van der Waals surface area (Å²) in [5.41, 5.74) is 4.09. The maximum atomic E-state index is 6.04. The van der Waals surface area contributed by atoms with Crippen LogP contribution in [0, 0.1) is 6.92 Å². The molecule has 0 unspecified atom stereocenters. The fraction of sp³-hybridized carbons (Fsp3) is 0.455. The molecule has 0 spiro atoms. The molecule has 3 rings (SSSR count). The number of hydrogen-bond donors (Lipinski definition) is 0. The van der Waals surface area contributed by atoms with E-state index in [1.54, 1.807) is 0 Å². The highest BCUT2D eigenvalue weighted by molar-refractivity contribution is 8.76. The predicted molar refractivity (Wildman–Crippen MR) is 124 cm³/mol. The van der Waals surface area contributed by atoms with Gasteiger partial charge in [-0.2, -0.15) is 0 Å². The van der Waals surface area contributed by atoms with Crippen molar-refractivity contribution in [1.29, 1.82) is 0 Å². The molecular formula is C22H29ClN2S2. The van der Waals surface area contributed by atoms with Crippen LogP contribution in [-0.4, -0.2) is 43.4 Å². The Morgan fingerprint density at radius 3 is 2.59 bits per heavy atom. The first-order valence-corrected chi connectivity index (χ1v) is 12.5. The number of anilines is 1. The van der Waals surface area contributed by atoms with Gasteiger partial charge in [0.05, 0.1) is 0 Å². The highest BCUT2D eigenvalue weighted by Crippen LogP contribution is 2.34. The van der Waals surface area contributed by atoms with Gasteiger partial charge in [-0.15, -0.1) is 0 Å². The Kier molecular flexibility index (Phi) is 8.25. The van der Waals surface area contributed by atoms with Gasteiger partial charge in [0.15, 0.2) is 0 Å². The van der Waals surface area contributed by atoms with Crippen LogP contribution < -0.4 is 4.90 Å². The van der Waals surface area contributed by atoms with Crippen molar-refractivity contribution < 1.29 is 0 Å². The molecule has 0 aromatic heterocycles. The second-order valence-electron chi connectivity index (χ2n) is 7.00. The van der Waals surface area contributed by atoms with Crippen LogP contribution in [0.15, 0.2) is 47.4 Å². The quantitative estimate of drug-likeness (QED) is 0.372. The summed E-state index contributed by atoms with van der Waals surface area (Å²) in [7, 11) is 3.86. The van der Waals surface area contributed by atoms with E-state index >= 15 is 0 Å². The molecule has 2 aromatic rings. The molecule has 27 heavy (non-hydrogen) atoms. The highest BCUT2D eigenvalue weighted by Gasteiger charge is 2.15. The van der Waals surface area contributed by atoms with E-state index in [1.807, 2.05) is 27.7 Å². The van der Waals surface area contributed by atoms with Crippen molar-refractivity contribution in [2.24, 2.45) is 0 Å². The fourth-order valence-electron chi connectivity index (χ4n) is 3.43. The van der Waals surface area contributed by atoms with Crippen LogP contribution >= 0.6 is 33.2 Å². The Bertz CT molecular complexity index is 730. The van der Waals surface area contributed by atoms with Crippen molar-refractivity contribution in [3.8, 4) is 0 Å². The molecule has 0 bridgehead atoms. The summed E-state index contributed by atoms with van der Waals surface area (Å²) < 4.78 is 0. The average molecular weight is 421 g/mol. The molecule has 0 aliphatic carbocycles. The normalized spacial score (nSPS) is 15.3. The molecule has 0 saturated carbocycles. The molecular weight excluding hydrogens is 392 g/mol. The lowest BCUT2D eigenvalue weighted by Crippen LogP contribution is -2.46. The molecule has 1 saturated heterocycles. The van der Waals surface area contributed by atoms with Gasteiger partial charge in [0, 0.05) is 47.5 Å². The first-order valence-electron chi connectivity index (χ1n) is 9.77. The van der Waals surface area contributed by atoms with E-state index in [-0.39, 0.29) is 0 Å². The second-order valence-corrected chi connectivity index (χ2v) is 9.92. The van der Waals surface area contributed by atoms with Crippen LogP contribution in [0.3, 0.4) is 0 Å². The lowest BCUT2D eigenvalue weighted by Gasteiger charge is -2.35. The molecule has 1 aliphatic heterocycles. The first kappa shape index (κ1) is 20.9. The van der Waals surface area contributed by atoms with Gasteiger partial charge < -0.3 is 9.80 Å².